The molecule has 0 atom stereocenters. The SMILES string of the molecule is N#Cc1cnc2ccc(Oc3cc(NC(=O)Nc4cccc(F)c4)cc(F)c3F)cc2n1. The van der Waals surface area contributed by atoms with E-state index < -0.39 is 29.2 Å². The van der Waals surface area contributed by atoms with Gasteiger partial charge in [-0.15, -0.1) is 0 Å². The van der Waals surface area contributed by atoms with Gasteiger partial charge in [-0.2, -0.15) is 9.65 Å². The fourth-order valence-electron chi connectivity index (χ4n) is 2.81. The van der Waals surface area contributed by atoms with Crippen LogP contribution in [0.1, 0.15) is 5.69 Å². The highest BCUT2D eigenvalue weighted by Crippen LogP contribution is 2.31. The number of rotatable bonds is 4. The second-order valence-corrected chi connectivity index (χ2v) is 6.48. The van der Waals surface area contributed by atoms with Gasteiger partial charge in [-0.1, -0.05) is 6.07 Å². The highest BCUT2D eigenvalue weighted by atomic mass is 19.2. The van der Waals surface area contributed by atoms with E-state index in [2.05, 4.69) is 20.6 Å². The Morgan fingerprint density at radius 1 is 0.969 bits per heavy atom. The Morgan fingerprint density at radius 2 is 1.78 bits per heavy atom. The van der Waals surface area contributed by atoms with Crippen LogP contribution in [0, 0.1) is 28.8 Å². The van der Waals surface area contributed by atoms with Gasteiger partial charge in [0, 0.05) is 29.6 Å². The summed E-state index contributed by atoms with van der Waals surface area (Å²) in [4.78, 5) is 20.3. The third kappa shape index (κ3) is 4.57. The van der Waals surface area contributed by atoms with E-state index in [0.717, 1.165) is 18.2 Å². The summed E-state index contributed by atoms with van der Waals surface area (Å²) in [6.07, 6.45) is 1.31. The maximum atomic E-state index is 14.3. The lowest BCUT2D eigenvalue weighted by Crippen LogP contribution is -2.19. The molecule has 0 aliphatic rings. The van der Waals surface area contributed by atoms with Gasteiger partial charge in [0.25, 0.3) is 0 Å². The summed E-state index contributed by atoms with van der Waals surface area (Å²) in [5.74, 6) is -3.45. The monoisotopic (exact) mass is 435 g/mol. The van der Waals surface area contributed by atoms with Gasteiger partial charge >= 0.3 is 6.03 Å². The molecule has 7 nitrogen and oxygen atoms in total. The van der Waals surface area contributed by atoms with Gasteiger partial charge in [0.1, 0.15) is 17.6 Å². The number of hydrogen-bond donors (Lipinski definition) is 2. The first kappa shape index (κ1) is 20.6. The Labute approximate surface area is 179 Å². The van der Waals surface area contributed by atoms with Crippen molar-refractivity contribution in [2.45, 2.75) is 0 Å². The Bertz CT molecular complexity index is 1390. The molecule has 2 amide bonds. The molecule has 0 fully saturated rings. The number of nitriles is 1. The maximum absolute atomic E-state index is 14.3. The summed E-state index contributed by atoms with van der Waals surface area (Å²) in [5, 5.41) is 13.7. The number of fused-ring (bicyclic) bond motifs is 1. The molecule has 0 spiro atoms. The number of aromatic nitrogens is 2. The van der Waals surface area contributed by atoms with Crippen LogP contribution in [0.3, 0.4) is 0 Å². The number of ether oxygens (including phenoxy) is 1. The lowest BCUT2D eigenvalue weighted by Gasteiger charge is -2.12. The Hall–Kier alpha value is -4.65. The average Bonchev–Trinajstić information content (AvgIpc) is 2.76. The van der Waals surface area contributed by atoms with Crippen molar-refractivity contribution < 1.29 is 22.7 Å². The molecule has 0 aliphatic heterocycles. The molecule has 3 aromatic carbocycles. The molecule has 0 saturated heterocycles. The number of carbonyl (C=O) groups excluding carboxylic acids is 1. The van der Waals surface area contributed by atoms with Crippen LogP contribution in [-0.2, 0) is 0 Å². The van der Waals surface area contributed by atoms with Crippen molar-refractivity contribution in [3.8, 4) is 17.6 Å². The molecule has 1 heterocycles. The number of halogens is 3. The Morgan fingerprint density at radius 3 is 2.56 bits per heavy atom. The van der Waals surface area contributed by atoms with Gasteiger partial charge in [0.05, 0.1) is 17.2 Å². The molecule has 0 aliphatic carbocycles. The zero-order valence-corrected chi connectivity index (χ0v) is 16.1. The number of nitrogens with one attached hydrogen (secondary N) is 2. The minimum absolute atomic E-state index is 0.0855. The molecule has 0 unspecified atom stereocenters. The first-order valence-corrected chi connectivity index (χ1v) is 9.08. The van der Waals surface area contributed by atoms with Crippen molar-refractivity contribution in [2.75, 3.05) is 10.6 Å². The minimum Gasteiger partial charge on any atom is -0.454 e. The summed E-state index contributed by atoms with van der Waals surface area (Å²) >= 11 is 0. The maximum Gasteiger partial charge on any atom is 0.323 e. The Balaban J connectivity index is 1.56. The summed E-state index contributed by atoms with van der Waals surface area (Å²) < 4.78 is 47.1. The van der Waals surface area contributed by atoms with Crippen LogP contribution in [0.2, 0.25) is 0 Å². The van der Waals surface area contributed by atoms with Crippen LogP contribution in [0.5, 0.6) is 11.5 Å². The lowest BCUT2D eigenvalue weighted by molar-refractivity contribution is 0.262. The quantitative estimate of drug-likeness (QED) is 0.450. The number of amides is 2. The molecule has 32 heavy (non-hydrogen) atoms. The summed E-state index contributed by atoms with van der Waals surface area (Å²) in [7, 11) is 0. The van der Waals surface area contributed by atoms with Crippen LogP contribution in [0.4, 0.5) is 29.3 Å². The number of benzene rings is 3. The van der Waals surface area contributed by atoms with Gasteiger partial charge in [-0.25, -0.2) is 18.6 Å². The molecule has 0 radical (unpaired) electrons. The van der Waals surface area contributed by atoms with E-state index in [1.54, 1.807) is 6.07 Å². The zero-order chi connectivity index (χ0) is 22.7. The highest BCUT2D eigenvalue weighted by Gasteiger charge is 2.15. The molecule has 4 rings (SSSR count). The van der Waals surface area contributed by atoms with Crippen molar-refractivity contribution >= 4 is 28.4 Å². The van der Waals surface area contributed by atoms with E-state index in [9.17, 15) is 18.0 Å². The third-order valence-electron chi connectivity index (χ3n) is 4.19. The van der Waals surface area contributed by atoms with Crippen molar-refractivity contribution in [2.24, 2.45) is 0 Å². The average molecular weight is 435 g/mol. The summed E-state index contributed by atoms with van der Waals surface area (Å²) in [6, 6.07) is 12.5. The van der Waals surface area contributed by atoms with Crippen LogP contribution in [0.25, 0.3) is 11.0 Å². The smallest absolute Gasteiger partial charge is 0.323 e. The van der Waals surface area contributed by atoms with Crippen molar-refractivity contribution in [1.29, 1.82) is 5.26 Å². The molecule has 2 N–H and O–H groups in total. The number of hydrogen-bond acceptors (Lipinski definition) is 5. The number of urea groups is 1. The first-order valence-electron chi connectivity index (χ1n) is 9.08. The second-order valence-electron chi connectivity index (χ2n) is 6.48. The normalized spacial score (nSPS) is 10.4. The molecule has 1 aromatic heterocycles. The predicted octanol–water partition coefficient (Wildman–Crippen LogP) is 5.36. The second kappa shape index (κ2) is 8.61. The van der Waals surface area contributed by atoms with E-state index >= 15 is 0 Å². The molecular formula is C22H12F3N5O2. The molecule has 4 aromatic rings. The lowest BCUT2D eigenvalue weighted by atomic mass is 10.2. The van der Waals surface area contributed by atoms with Gasteiger partial charge in [-0.3, -0.25) is 4.98 Å². The van der Waals surface area contributed by atoms with E-state index in [0.29, 0.717) is 11.0 Å². The van der Waals surface area contributed by atoms with Gasteiger partial charge in [0.15, 0.2) is 17.3 Å². The van der Waals surface area contributed by atoms with Crippen molar-refractivity contribution in [1.82, 2.24) is 9.97 Å². The van der Waals surface area contributed by atoms with E-state index in [4.69, 9.17) is 10.00 Å². The Kier molecular flexibility index (Phi) is 5.55. The van der Waals surface area contributed by atoms with Crippen LogP contribution in [-0.4, -0.2) is 16.0 Å². The largest absolute Gasteiger partial charge is 0.454 e. The number of anilines is 2. The fraction of sp³-hybridized carbons (Fsp3) is 0. The summed E-state index contributed by atoms with van der Waals surface area (Å²) in [6.45, 7) is 0. The molecular weight excluding hydrogens is 423 g/mol. The minimum atomic E-state index is -1.27. The van der Waals surface area contributed by atoms with Crippen LogP contribution >= 0.6 is 0 Å². The van der Waals surface area contributed by atoms with E-state index in [1.807, 2.05) is 6.07 Å². The fourth-order valence-corrected chi connectivity index (χ4v) is 2.81. The van der Waals surface area contributed by atoms with Crippen LogP contribution < -0.4 is 15.4 Å². The van der Waals surface area contributed by atoms with Gasteiger partial charge in [-0.05, 0) is 30.3 Å². The predicted molar refractivity (Wildman–Crippen MR) is 110 cm³/mol. The van der Waals surface area contributed by atoms with Crippen molar-refractivity contribution in [3.63, 3.8) is 0 Å². The zero-order valence-electron chi connectivity index (χ0n) is 16.1. The topological polar surface area (TPSA) is 99.9 Å². The molecule has 0 bridgehead atoms. The van der Waals surface area contributed by atoms with Crippen LogP contribution in [0.15, 0.2) is 60.8 Å². The van der Waals surface area contributed by atoms with E-state index in [-0.39, 0.29) is 22.8 Å². The third-order valence-corrected chi connectivity index (χ3v) is 4.19. The molecule has 158 valence electrons. The highest BCUT2D eigenvalue weighted by molar-refractivity contribution is 5.99. The van der Waals surface area contributed by atoms with Gasteiger partial charge < -0.3 is 15.4 Å². The van der Waals surface area contributed by atoms with Gasteiger partial charge in [0.2, 0.25) is 5.82 Å². The first-order chi connectivity index (χ1) is 15.4. The van der Waals surface area contributed by atoms with E-state index in [1.165, 1.54) is 36.5 Å². The number of carbonyl (C=O) groups is 1. The standard InChI is InChI=1S/C22H12F3N5O2/c23-12-2-1-3-13(6-12)29-22(31)30-14-7-17(24)21(25)20(8-14)32-16-4-5-18-19(9-16)28-15(10-26)11-27-18/h1-9,11H,(H2,29,30,31). The molecule has 10 heteroatoms. The van der Waals surface area contributed by atoms with Crippen molar-refractivity contribution in [3.05, 3.63) is 83.9 Å². The summed E-state index contributed by atoms with van der Waals surface area (Å²) in [5.41, 5.74) is 0.969. The molecule has 0 saturated carbocycles. The number of nitrogens with zero attached hydrogens (tertiary/aromatic N) is 3.